The molecule has 0 radical (unpaired) electrons. The molecule has 0 spiro atoms. The van der Waals surface area contributed by atoms with E-state index in [1.54, 1.807) is 17.2 Å². The summed E-state index contributed by atoms with van der Waals surface area (Å²) < 4.78 is 0. The van der Waals surface area contributed by atoms with Crippen molar-refractivity contribution >= 4 is 6.03 Å². The van der Waals surface area contributed by atoms with Crippen molar-refractivity contribution in [3.63, 3.8) is 0 Å². The molecular formula is C11H13N3O2. The van der Waals surface area contributed by atoms with E-state index < -0.39 is 12.1 Å². The van der Waals surface area contributed by atoms with Crippen molar-refractivity contribution in [2.75, 3.05) is 6.54 Å². The molecule has 0 saturated heterocycles. The second-order valence-corrected chi connectivity index (χ2v) is 4.20. The molecule has 0 aromatic rings. The van der Waals surface area contributed by atoms with Crippen molar-refractivity contribution < 1.29 is 9.90 Å². The third-order valence-electron chi connectivity index (χ3n) is 3.29. The van der Waals surface area contributed by atoms with E-state index in [-0.39, 0.29) is 6.03 Å². The number of aliphatic hydroxyl groups is 1. The first-order chi connectivity index (χ1) is 7.68. The Morgan fingerprint density at radius 1 is 1.56 bits per heavy atom. The molecule has 2 atom stereocenters. The molecule has 84 valence electrons. The van der Waals surface area contributed by atoms with Gasteiger partial charge >= 0.3 is 6.03 Å². The van der Waals surface area contributed by atoms with E-state index in [0.29, 0.717) is 6.54 Å². The first-order valence-corrected chi connectivity index (χ1v) is 5.32. The maximum atomic E-state index is 11.6. The molecule has 2 heterocycles. The van der Waals surface area contributed by atoms with Gasteiger partial charge in [-0.25, -0.2) is 4.79 Å². The lowest BCUT2D eigenvalue weighted by Crippen LogP contribution is -2.39. The van der Waals surface area contributed by atoms with Crippen LogP contribution in [0.3, 0.4) is 0 Å². The number of hydrogen-bond acceptors (Lipinski definition) is 3. The summed E-state index contributed by atoms with van der Waals surface area (Å²) in [7, 11) is 0. The maximum Gasteiger partial charge on any atom is 0.325 e. The summed E-state index contributed by atoms with van der Waals surface area (Å²) in [5.74, 6) is 0. The molecule has 5 heteroatoms. The van der Waals surface area contributed by atoms with Crippen molar-refractivity contribution in [2.24, 2.45) is 5.73 Å². The number of nitrogens with one attached hydrogen (secondary N) is 1. The van der Waals surface area contributed by atoms with Crippen LogP contribution in [0.5, 0.6) is 0 Å². The van der Waals surface area contributed by atoms with E-state index in [9.17, 15) is 9.90 Å². The lowest BCUT2D eigenvalue weighted by Gasteiger charge is -2.25. The predicted molar refractivity (Wildman–Crippen MR) is 58.1 cm³/mol. The van der Waals surface area contributed by atoms with Crippen LogP contribution >= 0.6 is 0 Å². The number of urea groups is 1. The Labute approximate surface area is 92.9 Å². The lowest BCUT2D eigenvalue weighted by atomic mass is 10.00. The van der Waals surface area contributed by atoms with E-state index in [0.717, 1.165) is 23.3 Å². The Kier molecular flexibility index (Phi) is 1.92. The van der Waals surface area contributed by atoms with Crippen LogP contribution < -0.4 is 11.1 Å². The van der Waals surface area contributed by atoms with E-state index in [1.165, 1.54) is 0 Å². The van der Waals surface area contributed by atoms with Gasteiger partial charge in [-0.2, -0.15) is 0 Å². The Balaban J connectivity index is 2.17. The zero-order valence-electron chi connectivity index (χ0n) is 8.68. The fourth-order valence-corrected chi connectivity index (χ4v) is 2.45. The van der Waals surface area contributed by atoms with E-state index in [2.05, 4.69) is 5.32 Å². The zero-order chi connectivity index (χ0) is 11.3. The average Bonchev–Trinajstić information content (AvgIpc) is 2.68. The number of amides is 2. The number of carbonyl (C=O) groups excluding carboxylic acids is 1. The molecule has 0 saturated carbocycles. The standard InChI is InChI=1S/C11H13N3O2/c12-9-7-3-4-14-10(7)6(1-2-8(9)15)5-13-11(14)16/h1-2,5,8-9,15H,3-4,12H2,(H,13,16)/t8-,9-/m1/s1. The summed E-state index contributed by atoms with van der Waals surface area (Å²) in [6.45, 7) is 0.641. The highest BCUT2D eigenvalue weighted by Gasteiger charge is 2.36. The van der Waals surface area contributed by atoms with Crippen molar-refractivity contribution in [1.82, 2.24) is 10.2 Å². The van der Waals surface area contributed by atoms with E-state index >= 15 is 0 Å². The molecule has 0 fully saturated rings. The van der Waals surface area contributed by atoms with Crippen LogP contribution in [0.4, 0.5) is 4.79 Å². The first-order valence-electron chi connectivity index (χ1n) is 5.32. The highest BCUT2D eigenvalue weighted by molar-refractivity contribution is 5.82. The molecule has 1 aliphatic carbocycles. The van der Waals surface area contributed by atoms with Crippen molar-refractivity contribution in [2.45, 2.75) is 18.6 Å². The van der Waals surface area contributed by atoms with Gasteiger partial charge in [0.15, 0.2) is 0 Å². The molecule has 0 unspecified atom stereocenters. The second-order valence-electron chi connectivity index (χ2n) is 4.20. The first kappa shape index (κ1) is 9.62. The summed E-state index contributed by atoms with van der Waals surface area (Å²) in [5.41, 5.74) is 8.73. The number of carbonyl (C=O) groups is 1. The van der Waals surface area contributed by atoms with Gasteiger partial charge in [-0.05, 0) is 12.0 Å². The molecule has 0 bridgehead atoms. The second kappa shape index (κ2) is 3.20. The fraction of sp³-hybridized carbons (Fsp3) is 0.364. The van der Waals surface area contributed by atoms with Crippen LogP contribution in [-0.2, 0) is 0 Å². The Morgan fingerprint density at radius 2 is 2.38 bits per heavy atom. The number of aliphatic hydroxyl groups excluding tert-OH is 1. The fourth-order valence-electron chi connectivity index (χ4n) is 2.45. The largest absolute Gasteiger partial charge is 0.387 e. The van der Waals surface area contributed by atoms with Gasteiger partial charge in [0, 0.05) is 18.3 Å². The predicted octanol–water partition coefficient (Wildman–Crippen LogP) is -0.189. The smallest absolute Gasteiger partial charge is 0.325 e. The van der Waals surface area contributed by atoms with E-state index in [1.807, 2.05) is 6.08 Å². The van der Waals surface area contributed by atoms with Crippen LogP contribution in [0.1, 0.15) is 6.42 Å². The topological polar surface area (TPSA) is 78.6 Å². The third-order valence-corrected chi connectivity index (χ3v) is 3.29. The molecular weight excluding hydrogens is 206 g/mol. The molecule has 3 rings (SSSR count). The number of nitrogens with two attached hydrogens (primary N) is 1. The van der Waals surface area contributed by atoms with Gasteiger partial charge in [0.25, 0.3) is 0 Å². The van der Waals surface area contributed by atoms with Gasteiger partial charge in [0.2, 0.25) is 0 Å². The number of nitrogens with zero attached hydrogens (tertiary/aromatic N) is 1. The van der Waals surface area contributed by atoms with Gasteiger partial charge in [-0.1, -0.05) is 12.2 Å². The lowest BCUT2D eigenvalue weighted by molar-refractivity contribution is 0.203. The van der Waals surface area contributed by atoms with Crippen molar-refractivity contribution in [1.29, 1.82) is 0 Å². The van der Waals surface area contributed by atoms with Gasteiger partial charge in [-0.15, -0.1) is 0 Å². The van der Waals surface area contributed by atoms with Gasteiger partial charge in [-0.3, -0.25) is 4.90 Å². The van der Waals surface area contributed by atoms with Gasteiger partial charge in [0.1, 0.15) is 0 Å². The quantitative estimate of drug-likeness (QED) is 0.528. The van der Waals surface area contributed by atoms with Crippen LogP contribution in [0.15, 0.2) is 35.2 Å². The minimum atomic E-state index is -0.677. The number of allylic oxidation sites excluding steroid dienone is 1. The highest BCUT2D eigenvalue weighted by Crippen LogP contribution is 2.35. The Morgan fingerprint density at radius 3 is 3.19 bits per heavy atom. The third kappa shape index (κ3) is 1.15. The molecule has 3 aliphatic rings. The monoisotopic (exact) mass is 219 g/mol. The molecule has 4 N–H and O–H groups in total. The number of rotatable bonds is 0. The molecule has 0 aromatic heterocycles. The van der Waals surface area contributed by atoms with Crippen LogP contribution in [0, 0.1) is 0 Å². The summed E-state index contributed by atoms with van der Waals surface area (Å²) >= 11 is 0. The van der Waals surface area contributed by atoms with Gasteiger partial charge in [0.05, 0.1) is 17.8 Å². The van der Waals surface area contributed by atoms with Gasteiger partial charge < -0.3 is 16.2 Å². The molecule has 2 aliphatic heterocycles. The van der Waals surface area contributed by atoms with Crippen molar-refractivity contribution in [3.8, 4) is 0 Å². The molecule has 0 aromatic carbocycles. The van der Waals surface area contributed by atoms with E-state index in [4.69, 9.17) is 5.73 Å². The minimum absolute atomic E-state index is 0.120. The van der Waals surface area contributed by atoms with Crippen LogP contribution in [0.2, 0.25) is 0 Å². The normalized spacial score (nSPS) is 32.2. The Hall–Kier alpha value is -1.59. The Bertz CT molecular complexity index is 450. The highest BCUT2D eigenvalue weighted by atomic mass is 16.3. The SMILES string of the molecule is N[C@@H]1C2=C3C(=CNC(=O)N3CC2)C=C[C@H]1O. The molecule has 5 nitrogen and oxygen atoms in total. The average molecular weight is 219 g/mol. The summed E-state index contributed by atoms with van der Waals surface area (Å²) in [5, 5.41) is 12.5. The molecule has 2 amide bonds. The van der Waals surface area contributed by atoms with Crippen LogP contribution in [0.25, 0.3) is 0 Å². The summed E-state index contributed by atoms with van der Waals surface area (Å²) in [6.07, 6.45) is 5.21. The zero-order valence-corrected chi connectivity index (χ0v) is 8.68. The maximum absolute atomic E-state index is 11.6. The number of hydrogen-bond donors (Lipinski definition) is 3. The molecule has 16 heavy (non-hydrogen) atoms. The summed E-state index contributed by atoms with van der Waals surface area (Å²) in [6, 6.07) is -0.529. The summed E-state index contributed by atoms with van der Waals surface area (Å²) in [4.78, 5) is 13.3. The van der Waals surface area contributed by atoms with Crippen molar-refractivity contribution in [3.05, 3.63) is 35.2 Å². The minimum Gasteiger partial charge on any atom is -0.387 e. The van der Waals surface area contributed by atoms with Crippen LogP contribution in [-0.4, -0.2) is 34.7 Å².